The van der Waals surface area contributed by atoms with Crippen LogP contribution in [0, 0.1) is 6.92 Å². The molecule has 156 valence electrons. The number of likely N-dealkylation sites (N-methyl/N-ethyl adjacent to an activating group) is 1. The van der Waals surface area contributed by atoms with Gasteiger partial charge < -0.3 is 9.80 Å². The van der Waals surface area contributed by atoms with Crippen molar-refractivity contribution in [1.82, 2.24) is 9.80 Å². The van der Waals surface area contributed by atoms with Crippen molar-refractivity contribution in [2.45, 2.75) is 39.3 Å². The fraction of sp³-hybridized carbons (Fsp3) is 0.650. The molecule has 2 heterocycles. The Morgan fingerprint density at radius 1 is 1.29 bits per heavy atom. The molecule has 1 aromatic carbocycles. The van der Waals surface area contributed by atoms with Crippen LogP contribution in [0.2, 0.25) is 5.02 Å². The fourth-order valence-corrected chi connectivity index (χ4v) is 6.18. The molecule has 1 aromatic rings. The van der Waals surface area contributed by atoms with Crippen LogP contribution >= 0.6 is 11.6 Å². The lowest BCUT2D eigenvalue weighted by atomic mass is 10.1. The Morgan fingerprint density at radius 2 is 1.96 bits per heavy atom. The standard InChI is InChI=1S/C20H30ClN3O3S/c1-4-24(18-7-12-28(26,27)14-18)20(25)16(3)22-8-10-23(11-9-22)19-13-17(21)6-5-15(19)2/h5-6,13,16,18H,4,7-12,14H2,1-3H3/t16-,18+/m1/s1. The molecule has 0 bridgehead atoms. The number of nitrogens with zero attached hydrogens (tertiary/aromatic N) is 3. The molecule has 1 amide bonds. The lowest BCUT2D eigenvalue weighted by molar-refractivity contribution is -0.138. The third kappa shape index (κ3) is 4.63. The van der Waals surface area contributed by atoms with Crippen LogP contribution in [0.25, 0.3) is 0 Å². The number of halogens is 1. The molecule has 0 N–H and O–H groups in total. The van der Waals surface area contributed by atoms with E-state index in [0.717, 1.165) is 36.9 Å². The molecule has 0 saturated carbocycles. The number of benzene rings is 1. The zero-order chi connectivity index (χ0) is 20.5. The number of rotatable bonds is 5. The first-order valence-corrected chi connectivity index (χ1v) is 12.2. The monoisotopic (exact) mass is 427 g/mol. The summed E-state index contributed by atoms with van der Waals surface area (Å²) in [5.41, 5.74) is 2.35. The summed E-state index contributed by atoms with van der Waals surface area (Å²) in [6.45, 7) is 9.75. The first kappa shape index (κ1) is 21.4. The van der Waals surface area contributed by atoms with E-state index in [1.807, 2.05) is 32.0 Å². The summed E-state index contributed by atoms with van der Waals surface area (Å²) in [7, 11) is -3.01. The van der Waals surface area contributed by atoms with Crippen molar-refractivity contribution in [3.63, 3.8) is 0 Å². The van der Waals surface area contributed by atoms with Crippen LogP contribution in [0.3, 0.4) is 0 Å². The molecule has 2 fully saturated rings. The Labute approximate surface area is 173 Å². The van der Waals surface area contributed by atoms with Crippen LogP contribution in [-0.2, 0) is 14.6 Å². The molecule has 2 aliphatic rings. The highest BCUT2D eigenvalue weighted by atomic mass is 35.5. The number of hydrogen-bond donors (Lipinski definition) is 0. The van der Waals surface area contributed by atoms with Crippen molar-refractivity contribution in [2.24, 2.45) is 0 Å². The molecule has 0 aliphatic carbocycles. The van der Waals surface area contributed by atoms with Crippen LogP contribution in [0.4, 0.5) is 5.69 Å². The van der Waals surface area contributed by atoms with Gasteiger partial charge in [-0.15, -0.1) is 0 Å². The molecule has 0 spiro atoms. The van der Waals surface area contributed by atoms with E-state index >= 15 is 0 Å². The second-order valence-electron chi connectivity index (χ2n) is 7.81. The van der Waals surface area contributed by atoms with Crippen molar-refractivity contribution >= 4 is 33.0 Å². The van der Waals surface area contributed by atoms with Gasteiger partial charge in [-0.05, 0) is 44.9 Å². The molecule has 0 unspecified atom stereocenters. The minimum absolute atomic E-state index is 0.0389. The average Bonchev–Trinajstić information content (AvgIpc) is 3.03. The quantitative estimate of drug-likeness (QED) is 0.720. The molecule has 8 heteroatoms. The van der Waals surface area contributed by atoms with Gasteiger partial charge in [-0.25, -0.2) is 8.42 Å². The van der Waals surface area contributed by atoms with Gasteiger partial charge in [-0.2, -0.15) is 0 Å². The van der Waals surface area contributed by atoms with Gasteiger partial charge in [0.15, 0.2) is 9.84 Å². The normalized spacial score (nSPS) is 23.6. The van der Waals surface area contributed by atoms with Crippen molar-refractivity contribution in [1.29, 1.82) is 0 Å². The van der Waals surface area contributed by atoms with Gasteiger partial charge in [0.25, 0.3) is 0 Å². The number of anilines is 1. The SMILES string of the molecule is CCN(C(=O)[C@@H](C)N1CCN(c2cc(Cl)ccc2C)CC1)[C@H]1CCS(=O)(=O)C1. The van der Waals surface area contributed by atoms with E-state index in [1.54, 1.807) is 4.90 Å². The first-order valence-electron chi connectivity index (χ1n) is 9.98. The number of amides is 1. The van der Waals surface area contributed by atoms with E-state index in [0.29, 0.717) is 13.0 Å². The maximum atomic E-state index is 13.1. The largest absolute Gasteiger partial charge is 0.369 e. The van der Waals surface area contributed by atoms with E-state index in [-0.39, 0.29) is 29.5 Å². The van der Waals surface area contributed by atoms with E-state index in [1.165, 1.54) is 5.56 Å². The molecule has 0 aromatic heterocycles. The molecular formula is C20H30ClN3O3S. The average molecular weight is 428 g/mol. The van der Waals surface area contributed by atoms with Gasteiger partial charge in [-0.3, -0.25) is 9.69 Å². The van der Waals surface area contributed by atoms with Gasteiger partial charge in [0.2, 0.25) is 5.91 Å². The molecule has 28 heavy (non-hydrogen) atoms. The lowest BCUT2D eigenvalue weighted by Crippen LogP contribution is -2.56. The summed E-state index contributed by atoms with van der Waals surface area (Å²) in [5.74, 6) is 0.325. The number of piperazine rings is 1. The zero-order valence-electron chi connectivity index (χ0n) is 16.9. The third-order valence-electron chi connectivity index (χ3n) is 6.00. The Balaban J connectivity index is 1.61. The fourth-order valence-electron chi connectivity index (χ4n) is 4.28. The first-order chi connectivity index (χ1) is 13.2. The Kier molecular flexibility index (Phi) is 6.57. The van der Waals surface area contributed by atoms with Crippen LogP contribution in [0.15, 0.2) is 18.2 Å². The number of sulfone groups is 1. The second-order valence-corrected chi connectivity index (χ2v) is 10.5. The van der Waals surface area contributed by atoms with Gasteiger partial charge in [0, 0.05) is 49.5 Å². The van der Waals surface area contributed by atoms with Crippen molar-refractivity contribution < 1.29 is 13.2 Å². The molecule has 2 aliphatic heterocycles. The highest BCUT2D eigenvalue weighted by Gasteiger charge is 2.37. The van der Waals surface area contributed by atoms with Crippen molar-refractivity contribution in [3.8, 4) is 0 Å². The van der Waals surface area contributed by atoms with Crippen molar-refractivity contribution in [2.75, 3.05) is 49.1 Å². The third-order valence-corrected chi connectivity index (χ3v) is 7.99. The summed E-state index contributed by atoms with van der Waals surface area (Å²) >= 11 is 6.16. The van der Waals surface area contributed by atoms with Gasteiger partial charge in [-0.1, -0.05) is 17.7 Å². The molecule has 2 atom stereocenters. The zero-order valence-corrected chi connectivity index (χ0v) is 18.5. The predicted octanol–water partition coefficient (Wildman–Crippen LogP) is 2.19. The number of aryl methyl sites for hydroxylation is 1. The smallest absolute Gasteiger partial charge is 0.239 e. The second kappa shape index (κ2) is 8.59. The maximum absolute atomic E-state index is 13.1. The number of hydrogen-bond acceptors (Lipinski definition) is 5. The van der Waals surface area contributed by atoms with E-state index < -0.39 is 9.84 Å². The summed E-state index contributed by atoms with van der Waals surface area (Å²) in [6.07, 6.45) is 0.552. The number of carbonyl (C=O) groups excluding carboxylic acids is 1. The molecular weight excluding hydrogens is 398 g/mol. The van der Waals surface area contributed by atoms with Crippen molar-refractivity contribution in [3.05, 3.63) is 28.8 Å². The van der Waals surface area contributed by atoms with Crippen LogP contribution < -0.4 is 4.90 Å². The topological polar surface area (TPSA) is 60.9 Å². The van der Waals surface area contributed by atoms with Crippen LogP contribution in [-0.4, -0.2) is 80.4 Å². The van der Waals surface area contributed by atoms with Gasteiger partial charge in [0.1, 0.15) is 0 Å². The summed E-state index contributed by atoms with van der Waals surface area (Å²) in [4.78, 5) is 19.4. The maximum Gasteiger partial charge on any atom is 0.239 e. The summed E-state index contributed by atoms with van der Waals surface area (Å²) < 4.78 is 23.6. The molecule has 6 nitrogen and oxygen atoms in total. The molecule has 0 radical (unpaired) electrons. The van der Waals surface area contributed by atoms with Crippen LogP contribution in [0.1, 0.15) is 25.8 Å². The van der Waals surface area contributed by atoms with E-state index in [9.17, 15) is 13.2 Å². The van der Waals surface area contributed by atoms with E-state index in [2.05, 4.69) is 16.7 Å². The Morgan fingerprint density at radius 3 is 2.54 bits per heavy atom. The highest BCUT2D eigenvalue weighted by molar-refractivity contribution is 7.91. The molecule has 3 rings (SSSR count). The summed E-state index contributed by atoms with van der Waals surface area (Å²) in [6, 6.07) is 5.51. The van der Waals surface area contributed by atoms with Gasteiger partial charge in [0.05, 0.1) is 17.5 Å². The van der Waals surface area contributed by atoms with E-state index in [4.69, 9.17) is 11.6 Å². The lowest BCUT2D eigenvalue weighted by Gasteiger charge is -2.41. The minimum Gasteiger partial charge on any atom is -0.369 e. The Bertz CT molecular complexity index is 822. The predicted molar refractivity (Wildman–Crippen MR) is 114 cm³/mol. The highest BCUT2D eigenvalue weighted by Crippen LogP contribution is 2.26. The number of carbonyl (C=O) groups is 1. The minimum atomic E-state index is -3.01. The van der Waals surface area contributed by atoms with Crippen LogP contribution in [0.5, 0.6) is 0 Å². The van der Waals surface area contributed by atoms with Gasteiger partial charge >= 0.3 is 0 Å². The Hall–Kier alpha value is -1.31. The summed E-state index contributed by atoms with van der Waals surface area (Å²) in [5, 5.41) is 0.733. The molecule has 2 saturated heterocycles.